The molecule has 1 rings (SSSR count). The lowest BCUT2D eigenvalue weighted by molar-refractivity contribution is -0.133. The maximum atomic E-state index is 12.1. The molecular formula is C13H23N5O8S. The first-order chi connectivity index (χ1) is 12.4. The Hall–Kier alpha value is -2.42. The van der Waals surface area contributed by atoms with Crippen LogP contribution in [0.1, 0.15) is 6.92 Å². The number of carbonyl (C=O) groups excluding carboxylic acids is 2. The van der Waals surface area contributed by atoms with Gasteiger partial charge in [0.05, 0.1) is 24.9 Å². The number of hydrogen-bond donors (Lipinski definition) is 7. The minimum atomic E-state index is -3.93. The van der Waals surface area contributed by atoms with Gasteiger partial charge in [0.15, 0.2) is 11.7 Å². The molecule has 1 aliphatic heterocycles. The molecule has 0 aromatic carbocycles. The number of guanidine groups is 1. The van der Waals surface area contributed by atoms with Gasteiger partial charge >= 0.3 is 0 Å². The van der Waals surface area contributed by atoms with E-state index in [1.165, 1.54) is 0 Å². The van der Waals surface area contributed by atoms with E-state index in [1.807, 2.05) is 0 Å². The van der Waals surface area contributed by atoms with Gasteiger partial charge in [-0.2, -0.15) is 0 Å². The second-order valence-electron chi connectivity index (χ2n) is 5.83. The summed E-state index contributed by atoms with van der Waals surface area (Å²) in [6, 6.07) is -2.28. The molecule has 0 fully saturated rings. The Morgan fingerprint density at radius 3 is 2.41 bits per heavy atom. The number of nitrogens with two attached hydrogens (primary N) is 2. The minimum absolute atomic E-state index is 0.424. The lowest BCUT2D eigenvalue weighted by Gasteiger charge is -2.38. The Labute approximate surface area is 155 Å². The molecule has 1 aliphatic rings. The topological polar surface area (TPSA) is 227 Å². The second-order valence-corrected chi connectivity index (χ2v) is 7.58. The summed E-state index contributed by atoms with van der Waals surface area (Å²) in [5, 5.41) is 31.4. The van der Waals surface area contributed by atoms with Crippen molar-refractivity contribution < 1.29 is 38.1 Å². The van der Waals surface area contributed by atoms with Crippen molar-refractivity contribution in [3.05, 3.63) is 11.8 Å². The van der Waals surface area contributed by atoms with Crippen LogP contribution in [0.25, 0.3) is 0 Å². The van der Waals surface area contributed by atoms with E-state index < -0.39 is 70.6 Å². The Morgan fingerprint density at radius 2 is 1.96 bits per heavy atom. The first kappa shape index (κ1) is 22.6. The third-order valence-electron chi connectivity index (χ3n) is 3.39. The third kappa shape index (κ3) is 6.67. The molecule has 0 bridgehead atoms. The lowest BCUT2D eigenvalue weighted by Crippen LogP contribution is -2.60. The van der Waals surface area contributed by atoms with Crippen LogP contribution in [0.2, 0.25) is 0 Å². The average Bonchev–Trinajstić information content (AvgIpc) is 2.52. The Morgan fingerprint density at radius 1 is 1.37 bits per heavy atom. The summed E-state index contributed by atoms with van der Waals surface area (Å²) in [5.74, 6) is -2.73. The van der Waals surface area contributed by atoms with Crippen LogP contribution in [0.3, 0.4) is 0 Å². The molecule has 2 amide bonds. The third-order valence-corrected chi connectivity index (χ3v) is 3.95. The molecule has 0 aromatic rings. The highest BCUT2D eigenvalue weighted by molar-refractivity contribution is 7.89. The van der Waals surface area contributed by atoms with E-state index in [1.54, 1.807) is 4.72 Å². The first-order valence-electron chi connectivity index (χ1n) is 7.59. The van der Waals surface area contributed by atoms with E-state index in [0.29, 0.717) is 0 Å². The van der Waals surface area contributed by atoms with Gasteiger partial charge in [-0.1, -0.05) is 0 Å². The van der Waals surface area contributed by atoms with Gasteiger partial charge in [0, 0.05) is 6.92 Å². The summed E-state index contributed by atoms with van der Waals surface area (Å²) in [7, 11) is -3.93. The normalized spacial score (nSPS) is 24.6. The lowest BCUT2D eigenvalue weighted by atomic mass is 9.92. The zero-order chi connectivity index (χ0) is 20.9. The van der Waals surface area contributed by atoms with Crippen molar-refractivity contribution in [3.8, 4) is 0 Å². The molecule has 0 unspecified atom stereocenters. The Bertz CT molecular complexity index is 733. The fraction of sp³-hybridized carbons (Fsp3) is 0.615. The average molecular weight is 409 g/mol. The van der Waals surface area contributed by atoms with E-state index in [4.69, 9.17) is 21.3 Å². The van der Waals surface area contributed by atoms with Crippen LogP contribution < -0.4 is 21.5 Å². The van der Waals surface area contributed by atoms with Crippen molar-refractivity contribution in [1.29, 1.82) is 0 Å². The zero-order valence-electron chi connectivity index (χ0n) is 14.6. The number of sulfonamides is 1. The summed E-state index contributed by atoms with van der Waals surface area (Å²) in [6.07, 6.45) is -3.17. The monoisotopic (exact) mass is 409 g/mol. The first-order valence-corrected chi connectivity index (χ1v) is 9.48. The minimum Gasteiger partial charge on any atom is -0.480 e. The molecule has 0 saturated heterocycles. The number of aliphatic hydroxyl groups excluding tert-OH is 3. The van der Waals surface area contributed by atoms with Crippen molar-refractivity contribution in [2.75, 3.05) is 12.9 Å². The SMILES string of the molecule is CC(=O)N[C@H]1[C@H]([C@@H](O)[C@H](O)CO)OC(C(=O)NS(C)(=O)=O)=C[C@@H]1N=C(N)N. The number of ether oxygens (including phenoxy) is 1. The van der Waals surface area contributed by atoms with Gasteiger partial charge in [0.2, 0.25) is 15.9 Å². The number of aliphatic imine (C=N–C) groups is 1. The summed E-state index contributed by atoms with van der Waals surface area (Å²) < 4.78 is 29.5. The smallest absolute Gasteiger partial charge is 0.299 e. The van der Waals surface area contributed by atoms with Gasteiger partial charge in [0.1, 0.15) is 18.3 Å². The van der Waals surface area contributed by atoms with Gasteiger partial charge < -0.3 is 36.8 Å². The fourth-order valence-electron chi connectivity index (χ4n) is 2.36. The summed E-state index contributed by atoms with van der Waals surface area (Å²) in [6.45, 7) is 0.309. The molecule has 0 spiro atoms. The quantitative estimate of drug-likeness (QED) is 0.157. The van der Waals surface area contributed by atoms with Gasteiger partial charge in [-0.05, 0) is 6.08 Å². The molecular weight excluding hydrogens is 386 g/mol. The molecule has 0 radical (unpaired) electrons. The molecule has 13 nitrogen and oxygen atoms in total. The highest BCUT2D eigenvalue weighted by Crippen LogP contribution is 2.25. The van der Waals surface area contributed by atoms with Gasteiger partial charge in [-0.15, -0.1) is 0 Å². The van der Waals surface area contributed by atoms with Gasteiger partial charge in [0.25, 0.3) is 5.91 Å². The molecule has 5 atom stereocenters. The van der Waals surface area contributed by atoms with Crippen molar-refractivity contribution in [2.24, 2.45) is 16.5 Å². The van der Waals surface area contributed by atoms with E-state index in [2.05, 4.69) is 10.3 Å². The van der Waals surface area contributed by atoms with Crippen molar-refractivity contribution >= 4 is 27.8 Å². The van der Waals surface area contributed by atoms with E-state index >= 15 is 0 Å². The standard InChI is InChI=1S/C13H23N5O8S/c1-5(20)16-9-6(17-13(14)15)3-8(12(23)18-27(2,24)25)26-11(9)10(22)7(21)4-19/h3,6-7,9-11,19,21-22H,4H2,1-2H3,(H,16,20)(H,18,23)(H4,14,15,17)/t6-,7+,9+,10-,11+/m0/s1. The number of nitrogens with zero attached hydrogens (tertiary/aromatic N) is 1. The number of carbonyl (C=O) groups is 2. The van der Waals surface area contributed by atoms with Crippen LogP contribution in [0.15, 0.2) is 16.8 Å². The molecule has 0 aliphatic carbocycles. The number of rotatable bonds is 7. The second kappa shape index (κ2) is 8.98. The van der Waals surface area contributed by atoms with Crippen molar-refractivity contribution in [3.63, 3.8) is 0 Å². The van der Waals surface area contributed by atoms with E-state index in [0.717, 1.165) is 19.3 Å². The Kier molecular flexibility index (Phi) is 7.53. The molecule has 14 heteroatoms. The molecule has 154 valence electrons. The fourth-order valence-corrected chi connectivity index (χ4v) is 2.80. The predicted molar refractivity (Wildman–Crippen MR) is 92.2 cm³/mol. The van der Waals surface area contributed by atoms with Gasteiger partial charge in [-0.25, -0.2) is 18.1 Å². The van der Waals surface area contributed by atoms with E-state index in [-0.39, 0.29) is 0 Å². The van der Waals surface area contributed by atoms with Gasteiger partial charge in [-0.3, -0.25) is 9.59 Å². The highest BCUT2D eigenvalue weighted by Gasteiger charge is 2.43. The number of aliphatic hydroxyl groups is 3. The summed E-state index contributed by atoms with van der Waals surface area (Å²) in [4.78, 5) is 27.4. The zero-order valence-corrected chi connectivity index (χ0v) is 15.4. The molecule has 9 N–H and O–H groups in total. The maximum Gasteiger partial charge on any atom is 0.299 e. The highest BCUT2D eigenvalue weighted by atomic mass is 32.2. The van der Waals surface area contributed by atoms with Crippen LogP contribution in [-0.2, 0) is 24.3 Å². The maximum absolute atomic E-state index is 12.1. The molecule has 0 aromatic heterocycles. The predicted octanol–water partition coefficient (Wildman–Crippen LogP) is -4.79. The number of amides is 2. The summed E-state index contributed by atoms with van der Waals surface area (Å²) in [5.41, 5.74) is 10.7. The number of nitrogens with one attached hydrogen (secondary N) is 2. The summed E-state index contributed by atoms with van der Waals surface area (Å²) >= 11 is 0. The molecule has 27 heavy (non-hydrogen) atoms. The van der Waals surface area contributed by atoms with E-state index in [9.17, 15) is 28.2 Å². The molecule has 1 heterocycles. The Balaban J connectivity index is 3.38. The number of hydrogen-bond acceptors (Lipinski definition) is 9. The van der Waals surface area contributed by atoms with Crippen molar-refractivity contribution in [2.45, 2.75) is 37.3 Å². The van der Waals surface area contributed by atoms with Crippen LogP contribution in [-0.4, -0.2) is 84.8 Å². The van der Waals surface area contributed by atoms with Crippen LogP contribution >= 0.6 is 0 Å². The van der Waals surface area contributed by atoms with Crippen molar-refractivity contribution in [1.82, 2.24) is 10.0 Å². The largest absolute Gasteiger partial charge is 0.480 e. The molecule has 0 saturated carbocycles. The van der Waals surface area contributed by atoms with Crippen LogP contribution in [0.4, 0.5) is 0 Å². The van der Waals surface area contributed by atoms with Crippen LogP contribution in [0.5, 0.6) is 0 Å². The van der Waals surface area contributed by atoms with Crippen LogP contribution in [0, 0.1) is 0 Å².